The quantitative estimate of drug-likeness (QED) is 0.877. The molecule has 2 rings (SSSR count). The molecule has 0 saturated heterocycles. The molecule has 1 amide bonds. The van der Waals surface area contributed by atoms with Crippen LogP contribution in [0.3, 0.4) is 0 Å². The van der Waals surface area contributed by atoms with Crippen molar-refractivity contribution >= 4 is 5.91 Å². The molecule has 1 aromatic rings. The van der Waals surface area contributed by atoms with Crippen LogP contribution in [0.25, 0.3) is 0 Å². The Labute approximate surface area is 126 Å². The second kappa shape index (κ2) is 7.46. The molecule has 2 atom stereocenters. The fourth-order valence-electron chi connectivity index (χ4n) is 2.67. The molecule has 0 radical (unpaired) electrons. The predicted molar refractivity (Wildman–Crippen MR) is 82.2 cm³/mol. The SMILES string of the molecule is CC(Oc1cccc(C(C)O)c1)C(=O)NC1CCCCC1. The predicted octanol–water partition coefficient (Wildman–Crippen LogP) is 2.96. The van der Waals surface area contributed by atoms with Gasteiger partial charge in [0.05, 0.1) is 6.10 Å². The van der Waals surface area contributed by atoms with E-state index in [1.165, 1.54) is 19.3 Å². The monoisotopic (exact) mass is 291 g/mol. The summed E-state index contributed by atoms with van der Waals surface area (Å²) in [6.07, 6.45) is 4.71. The summed E-state index contributed by atoms with van der Waals surface area (Å²) < 4.78 is 5.69. The van der Waals surface area contributed by atoms with E-state index in [0.29, 0.717) is 11.8 Å². The summed E-state index contributed by atoms with van der Waals surface area (Å²) >= 11 is 0. The van der Waals surface area contributed by atoms with Gasteiger partial charge in [0.15, 0.2) is 6.10 Å². The lowest BCUT2D eigenvalue weighted by molar-refractivity contribution is -0.128. The fraction of sp³-hybridized carbons (Fsp3) is 0.588. The number of carbonyl (C=O) groups is 1. The maximum atomic E-state index is 12.1. The van der Waals surface area contributed by atoms with Crippen molar-refractivity contribution in [2.75, 3.05) is 0 Å². The van der Waals surface area contributed by atoms with Crippen molar-refractivity contribution in [3.63, 3.8) is 0 Å². The van der Waals surface area contributed by atoms with Gasteiger partial charge in [0, 0.05) is 6.04 Å². The van der Waals surface area contributed by atoms with E-state index in [9.17, 15) is 9.90 Å². The lowest BCUT2D eigenvalue weighted by Crippen LogP contribution is -2.43. The van der Waals surface area contributed by atoms with Gasteiger partial charge in [-0.1, -0.05) is 31.4 Å². The smallest absolute Gasteiger partial charge is 0.260 e. The zero-order valence-electron chi connectivity index (χ0n) is 12.8. The van der Waals surface area contributed by atoms with Crippen molar-refractivity contribution < 1.29 is 14.6 Å². The van der Waals surface area contributed by atoms with Crippen LogP contribution in [-0.2, 0) is 4.79 Å². The summed E-state index contributed by atoms with van der Waals surface area (Å²) in [6.45, 7) is 3.46. The van der Waals surface area contributed by atoms with Gasteiger partial charge in [-0.25, -0.2) is 0 Å². The normalized spacial score (nSPS) is 18.8. The van der Waals surface area contributed by atoms with Crippen LogP contribution in [0.15, 0.2) is 24.3 Å². The van der Waals surface area contributed by atoms with Gasteiger partial charge < -0.3 is 15.2 Å². The molecule has 0 bridgehead atoms. The number of aliphatic hydroxyl groups is 1. The molecule has 0 heterocycles. The number of hydrogen-bond acceptors (Lipinski definition) is 3. The van der Waals surface area contributed by atoms with Gasteiger partial charge in [0.1, 0.15) is 5.75 Å². The Balaban J connectivity index is 1.89. The van der Waals surface area contributed by atoms with Crippen molar-refractivity contribution in [1.82, 2.24) is 5.32 Å². The third-order valence-electron chi connectivity index (χ3n) is 3.97. The number of amides is 1. The molecule has 1 saturated carbocycles. The van der Waals surface area contributed by atoms with Crippen LogP contribution in [0.2, 0.25) is 0 Å². The molecule has 0 spiro atoms. The Kier molecular flexibility index (Phi) is 5.62. The molecule has 4 nitrogen and oxygen atoms in total. The summed E-state index contributed by atoms with van der Waals surface area (Å²) in [5, 5.41) is 12.6. The number of aliphatic hydroxyl groups excluding tert-OH is 1. The topological polar surface area (TPSA) is 58.6 Å². The Hall–Kier alpha value is -1.55. The second-order valence-electron chi connectivity index (χ2n) is 5.85. The van der Waals surface area contributed by atoms with Crippen LogP contribution in [-0.4, -0.2) is 23.2 Å². The van der Waals surface area contributed by atoms with Crippen LogP contribution in [0.1, 0.15) is 57.6 Å². The number of benzene rings is 1. The largest absolute Gasteiger partial charge is 0.481 e. The molecular formula is C17H25NO3. The highest BCUT2D eigenvalue weighted by atomic mass is 16.5. The Morgan fingerprint density at radius 2 is 2.00 bits per heavy atom. The summed E-state index contributed by atoms with van der Waals surface area (Å²) in [7, 11) is 0. The van der Waals surface area contributed by atoms with Gasteiger partial charge in [-0.3, -0.25) is 4.79 Å². The van der Waals surface area contributed by atoms with Crippen LogP contribution >= 0.6 is 0 Å². The van der Waals surface area contributed by atoms with Crippen LogP contribution < -0.4 is 10.1 Å². The third kappa shape index (κ3) is 4.74. The minimum Gasteiger partial charge on any atom is -0.481 e. The zero-order valence-corrected chi connectivity index (χ0v) is 12.8. The highest BCUT2D eigenvalue weighted by Crippen LogP contribution is 2.20. The van der Waals surface area contributed by atoms with Gasteiger partial charge >= 0.3 is 0 Å². The lowest BCUT2D eigenvalue weighted by atomic mass is 9.95. The summed E-state index contributed by atoms with van der Waals surface area (Å²) in [4.78, 5) is 12.1. The Morgan fingerprint density at radius 1 is 1.29 bits per heavy atom. The first-order valence-electron chi connectivity index (χ1n) is 7.81. The summed E-state index contributed by atoms with van der Waals surface area (Å²) in [5.41, 5.74) is 0.785. The third-order valence-corrected chi connectivity index (χ3v) is 3.97. The first kappa shape index (κ1) is 15.8. The maximum absolute atomic E-state index is 12.1. The number of rotatable bonds is 5. The van der Waals surface area contributed by atoms with Crippen molar-refractivity contribution in [3.8, 4) is 5.75 Å². The van der Waals surface area contributed by atoms with Crippen molar-refractivity contribution in [3.05, 3.63) is 29.8 Å². The number of nitrogens with one attached hydrogen (secondary N) is 1. The number of ether oxygens (including phenoxy) is 1. The molecular weight excluding hydrogens is 266 g/mol. The van der Waals surface area contributed by atoms with Crippen LogP contribution in [0, 0.1) is 0 Å². The van der Waals surface area contributed by atoms with Gasteiger partial charge in [0.25, 0.3) is 5.91 Å². The molecule has 1 aliphatic carbocycles. The van der Waals surface area contributed by atoms with Gasteiger partial charge in [-0.05, 0) is 44.4 Å². The van der Waals surface area contributed by atoms with E-state index in [4.69, 9.17) is 4.74 Å². The average molecular weight is 291 g/mol. The van der Waals surface area contributed by atoms with E-state index in [1.807, 2.05) is 12.1 Å². The molecule has 2 unspecified atom stereocenters. The molecule has 1 fully saturated rings. The van der Waals surface area contributed by atoms with Crippen LogP contribution in [0.5, 0.6) is 5.75 Å². The highest BCUT2D eigenvalue weighted by molar-refractivity contribution is 5.81. The number of carbonyl (C=O) groups excluding carboxylic acids is 1. The minimum atomic E-state index is -0.542. The van der Waals surface area contributed by atoms with E-state index < -0.39 is 12.2 Å². The molecule has 21 heavy (non-hydrogen) atoms. The molecule has 116 valence electrons. The molecule has 0 aromatic heterocycles. The van der Waals surface area contributed by atoms with Crippen molar-refractivity contribution in [2.45, 2.75) is 64.2 Å². The second-order valence-corrected chi connectivity index (χ2v) is 5.85. The van der Waals surface area contributed by atoms with E-state index >= 15 is 0 Å². The maximum Gasteiger partial charge on any atom is 0.260 e. The molecule has 1 aromatic carbocycles. The first-order valence-corrected chi connectivity index (χ1v) is 7.81. The van der Waals surface area contributed by atoms with Crippen molar-refractivity contribution in [2.24, 2.45) is 0 Å². The standard InChI is InChI=1S/C17H25NO3/c1-12(19)14-7-6-10-16(11-14)21-13(2)17(20)18-15-8-4-3-5-9-15/h6-7,10-13,15,19H,3-5,8-9H2,1-2H3,(H,18,20). The first-order chi connectivity index (χ1) is 10.1. The summed E-state index contributed by atoms with van der Waals surface area (Å²) in [6, 6.07) is 7.53. The summed E-state index contributed by atoms with van der Waals surface area (Å²) in [5.74, 6) is 0.545. The zero-order chi connectivity index (χ0) is 15.2. The van der Waals surface area contributed by atoms with E-state index in [2.05, 4.69) is 5.32 Å². The highest BCUT2D eigenvalue weighted by Gasteiger charge is 2.20. The fourth-order valence-corrected chi connectivity index (χ4v) is 2.67. The van der Waals surface area contributed by atoms with Gasteiger partial charge in [-0.15, -0.1) is 0 Å². The average Bonchev–Trinajstić information content (AvgIpc) is 2.48. The van der Waals surface area contributed by atoms with Gasteiger partial charge in [-0.2, -0.15) is 0 Å². The van der Waals surface area contributed by atoms with Crippen LogP contribution in [0.4, 0.5) is 0 Å². The number of hydrogen-bond donors (Lipinski definition) is 2. The van der Waals surface area contributed by atoms with Gasteiger partial charge in [0.2, 0.25) is 0 Å². The van der Waals surface area contributed by atoms with Crippen molar-refractivity contribution in [1.29, 1.82) is 0 Å². The lowest BCUT2D eigenvalue weighted by Gasteiger charge is -2.24. The molecule has 0 aliphatic heterocycles. The Morgan fingerprint density at radius 3 is 2.67 bits per heavy atom. The molecule has 1 aliphatic rings. The van der Waals surface area contributed by atoms with E-state index in [1.54, 1.807) is 26.0 Å². The van der Waals surface area contributed by atoms with E-state index in [0.717, 1.165) is 18.4 Å². The Bertz CT molecular complexity index is 467. The minimum absolute atomic E-state index is 0.0654. The molecule has 4 heteroatoms. The van der Waals surface area contributed by atoms with E-state index in [-0.39, 0.29) is 5.91 Å². The molecule has 2 N–H and O–H groups in total.